The molecule has 1 rings (SSSR count). The summed E-state index contributed by atoms with van der Waals surface area (Å²) >= 11 is 0. The lowest BCUT2D eigenvalue weighted by Gasteiger charge is -2.30. The standard InChI is InChI=1S/C15H29N3O3/c1-6-17(7-2)11-8-9-18(10-11)14(21)16-12(13(19)20)15(3,4)5/h11-12H,6-10H2,1-5H3,(H,16,21)(H,19,20)/t11?,12-/m1/s1. The molecule has 0 aliphatic carbocycles. The Balaban J connectivity index is 2.63. The molecular weight excluding hydrogens is 270 g/mol. The van der Waals surface area contributed by atoms with Crippen molar-refractivity contribution in [3.63, 3.8) is 0 Å². The van der Waals surface area contributed by atoms with Gasteiger partial charge in [-0.05, 0) is 24.9 Å². The van der Waals surface area contributed by atoms with Crippen molar-refractivity contribution in [1.29, 1.82) is 0 Å². The molecule has 1 heterocycles. The SMILES string of the molecule is CCN(CC)C1CCN(C(=O)N[C@H](C(=O)O)C(C)(C)C)C1. The van der Waals surface area contributed by atoms with Gasteiger partial charge < -0.3 is 15.3 Å². The summed E-state index contributed by atoms with van der Waals surface area (Å²) in [6.45, 7) is 13.0. The summed E-state index contributed by atoms with van der Waals surface area (Å²) in [5.74, 6) is -0.990. The van der Waals surface area contributed by atoms with E-state index in [2.05, 4.69) is 24.1 Å². The molecule has 1 saturated heterocycles. The summed E-state index contributed by atoms with van der Waals surface area (Å²) < 4.78 is 0. The van der Waals surface area contributed by atoms with E-state index < -0.39 is 17.4 Å². The van der Waals surface area contributed by atoms with Crippen LogP contribution in [-0.2, 0) is 4.79 Å². The third kappa shape index (κ3) is 4.59. The normalized spacial score (nSPS) is 20.7. The van der Waals surface area contributed by atoms with Crippen LogP contribution in [0.3, 0.4) is 0 Å². The van der Waals surface area contributed by atoms with Gasteiger partial charge in [-0.3, -0.25) is 4.90 Å². The van der Waals surface area contributed by atoms with Crippen molar-refractivity contribution in [2.45, 2.75) is 53.1 Å². The molecule has 122 valence electrons. The number of likely N-dealkylation sites (tertiary alicyclic amines) is 1. The number of carboxylic acids is 1. The van der Waals surface area contributed by atoms with E-state index in [1.807, 2.05) is 20.8 Å². The zero-order chi connectivity index (χ0) is 16.2. The first-order valence-electron chi connectivity index (χ1n) is 7.73. The number of urea groups is 1. The minimum absolute atomic E-state index is 0.271. The van der Waals surface area contributed by atoms with Crippen molar-refractivity contribution in [3.8, 4) is 0 Å². The van der Waals surface area contributed by atoms with Crippen LogP contribution in [0.4, 0.5) is 4.79 Å². The second-order valence-electron chi connectivity index (χ2n) is 6.70. The van der Waals surface area contributed by atoms with E-state index in [-0.39, 0.29) is 6.03 Å². The average Bonchev–Trinajstić information content (AvgIpc) is 2.85. The number of hydrogen-bond donors (Lipinski definition) is 2. The Kier molecular flexibility index (Phi) is 6.01. The molecule has 2 atom stereocenters. The molecular formula is C15H29N3O3. The summed E-state index contributed by atoms with van der Waals surface area (Å²) in [5, 5.41) is 11.9. The van der Waals surface area contributed by atoms with Crippen LogP contribution in [-0.4, -0.2) is 65.2 Å². The summed E-state index contributed by atoms with van der Waals surface area (Å²) in [7, 11) is 0. The third-order valence-corrected chi connectivity index (χ3v) is 4.16. The van der Waals surface area contributed by atoms with E-state index in [0.717, 1.165) is 19.5 Å². The van der Waals surface area contributed by atoms with Crippen LogP contribution in [0.2, 0.25) is 0 Å². The number of carboxylic acid groups (broad SMARTS) is 1. The monoisotopic (exact) mass is 299 g/mol. The number of rotatable bonds is 5. The molecule has 2 N–H and O–H groups in total. The van der Waals surface area contributed by atoms with Crippen molar-refractivity contribution in [2.75, 3.05) is 26.2 Å². The molecule has 1 fully saturated rings. The van der Waals surface area contributed by atoms with Gasteiger partial charge in [0, 0.05) is 19.1 Å². The fourth-order valence-corrected chi connectivity index (χ4v) is 2.83. The number of carbonyl (C=O) groups is 2. The zero-order valence-corrected chi connectivity index (χ0v) is 13.8. The second-order valence-corrected chi connectivity index (χ2v) is 6.70. The summed E-state index contributed by atoms with van der Waals surface area (Å²) in [4.78, 5) is 27.7. The minimum atomic E-state index is -0.990. The number of aliphatic carboxylic acids is 1. The molecule has 0 aromatic rings. The van der Waals surface area contributed by atoms with Gasteiger partial charge in [-0.25, -0.2) is 9.59 Å². The van der Waals surface area contributed by atoms with Gasteiger partial charge in [0.15, 0.2) is 0 Å². The number of nitrogens with one attached hydrogen (secondary N) is 1. The highest BCUT2D eigenvalue weighted by Crippen LogP contribution is 2.21. The summed E-state index contributed by atoms with van der Waals surface area (Å²) in [5.41, 5.74) is -0.514. The number of hydrogen-bond acceptors (Lipinski definition) is 3. The summed E-state index contributed by atoms with van der Waals surface area (Å²) in [6.07, 6.45) is 0.947. The number of likely N-dealkylation sites (N-methyl/N-ethyl adjacent to an activating group) is 1. The van der Waals surface area contributed by atoms with Gasteiger partial charge in [0.1, 0.15) is 6.04 Å². The fraction of sp³-hybridized carbons (Fsp3) is 0.867. The van der Waals surface area contributed by atoms with Crippen molar-refractivity contribution < 1.29 is 14.7 Å². The second kappa shape index (κ2) is 7.11. The van der Waals surface area contributed by atoms with Crippen LogP contribution in [0.25, 0.3) is 0 Å². The maximum absolute atomic E-state index is 12.3. The minimum Gasteiger partial charge on any atom is -0.480 e. The lowest BCUT2D eigenvalue weighted by molar-refractivity contribution is -0.142. The van der Waals surface area contributed by atoms with Crippen LogP contribution in [0, 0.1) is 5.41 Å². The molecule has 0 bridgehead atoms. The molecule has 0 saturated carbocycles. The Bertz CT molecular complexity index is 375. The topological polar surface area (TPSA) is 72.9 Å². The molecule has 6 nitrogen and oxygen atoms in total. The van der Waals surface area contributed by atoms with Gasteiger partial charge in [0.05, 0.1) is 0 Å². The lowest BCUT2D eigenvalue weighted by Crippen LogP contribution is -2.53. The van der Waals surface area contributed by atoms with E-state index in [9.17, 15) is 14.7 Å². The Hall–Kier alpha value is -1.30. The highest BCUT2D eigenvalue weighted by Gasteiger charge is 2.36. The molecule has 0 aromatic carbocycles. The Morgan fingerprint density at radius 1 is 1.33 bits per heavy atom. The number of nitrogens with zero attached hydrogens (tertiary/aromatic N) is 2. The van der Waals surface area contributed by atoms with Crippen LogP contribution in [0.5, 0.6) is 0 Å². The maximum atomic E-state index is 12.3. The van der Waals surface area contributed by atoms with Crippen molar-refractivity contribution in [3.05, 3.63) is 0 Å². The van der Waals surface area contributed by atoms with Crippen molar-refractivity contribution >= 4 is 12.0 Å². The van der Waals surface area contributed by atoms with Gasteiger partial charge in [-0.15, -0.1) is 0 Å². The lowest BCUT2D eigenvalue weighted by atomic mass is 9.87. The van der Waals surface area contributed by atoms with Gasteiger partial charge in [0.25, 0.3) is 0 Å². The molecule has 2 amide bonds. The van der Waals surface area contributed by atoms with Crippen molar-refractivity contribution in [2.24, 2.45) is 5.41 Å². The fourth-order valence-electron chi connectivity index (χ4n) is 2.83. The Morgan fingerprint density at radius 2 is 1.90 bits per heavy atom. The number of amides is 2. The average molecular weight is 299 g/mol. The van der Waals surface area contributed by atoms with Gasteiger partial charge in [-0.1, -0.05) is 34.6 Å². The highest BCUT2D eigenvalue weighted by molar-refractivity contribution is 5.83. The molecule has 1 unspecified atom stereocenters. The first kappa shape index (κ1) is 17.8. The molecule has 0 spiro atoms. The van der Waals surface area contributed by atoms with Gasteiger partial charge in [-0.2, -0.15) is 0 Å². The Labute approximate surface area is 127 Å². The quantitative estimate of drug-likeness (QED) is 0.809. The maximum Gasteiger partial charge on any atom is 0.326 e. The zero-order valence-electron chi connectivity index (χ0n) is 13.8. The van der Waals surface area contributed by atoms with E-state index >= 15 is 0 Å². The van der Waals surface area contributed by atoms with Crippen molar-refractivity contribution in [1.82, 2.24) is 15.1 Å². The van der Waals surface area contributed by atoms with Gasteiger partial charge >= 0.3 is 12.0 Å². The number of carbonyl (C=O) groups excluding carboxylic acids is 1. The van der Waals surface area contributed by atoms with Crippen LogP contribution < -0.4 is 5.32 Å². The summed E-state index contributed by atoms with van der Waals surface area (Å²) in [6, 6.07) is -0.770. The molecule has 1 aliphatic rings. The van der Waals surface area contributed by atoms with E-state index in [4.69, 9.17) is 0 Å². The smallest absolute Gasteiger partial charge is 0.326 e. The first-order chi connectivity index (χ1) is 9.70. The van der Waals surface area contributed by atoms with Crippen LogP contribution in [0.1, 0.15) is 41.0 Å². The first-order valence-corrected chi connectivity index (χ1v) is 7.73. The highest BCUT2D eigenvalue weighted by atomic mass is 16.4. The molecule has 0 aromatic heterocycles. The largest absolute Gasteiger partial charge is 0.480 e. The Morgan fingerprint density at radius 3 is 2.33 bits per heavy atom. The third-order valence-electron chi connectivity index (χ3n) is 4.16. The predicted molar refractivity (Wildman–Crippen MR) is 82.3 cm³/mol. The molecule has 6 heteroatoms. The van der Waals surface area contributed by atoms with Crippen LogP contribution in [0.15, 0.2) is 0 Å². The molecule has 0 radical (unpaired) electrons. The predicted octanol–water partition coefficient (Wildman–Crippen LogP) is 1.61. The molecule has 1 aliphatic heterocycles. The van der Waals surface area contributed by atoms with E-state index in [0.29, 0.717) is 19.1 Å². The van der Waals surface area contributed by atoms with Crippen LogP contribution >= 0.6 is 0 Å². The van der Waals surface area contributed by atoms with Gasteiger partial charge in [0.2, 0.25) is 0 Å². The molecule has 21 heavy (non-hydrogen) atoms. The van der Waals surface area contributed by atoms with E-state index in [1.54, 1.807) is 4.90 Å². The van der Waals surface area contributed by atoms with E-state index in [1.165, 1.54) is 0 Å².